The van der Waals surface area contributed by atoms with Crippen molar-refractivity contribution >= 4 is 23.3 Å². The highest BCUT2D eigenvalue weighted by molar-refractivity contribution is 6.04. The number of imidazole rings is 1. The molecule has 0 spiro atoms. The Morgan fingerprint density at radius 3 is 2.28 bits per heavy atom. The zero-order valence-corrected chi connectivity index (χ0v) is 20.0. The van der Waals surface area contributed by atoms with E-state index >= 15 is 0 Å². The Bertz CT molecular complexity index is 1350. The Hall–Kier alpha value is -4.20. The van der Waals surface area contributed by atoms with Crippen molar-refractivity contribution in [3.05, 3.63) is 78.5 Å². The Labute approximate surface area is 208 Å². The van der Waals surface area contributed by atoms with E-state index in [2.05, 4.69) is 15.2 Å². The van der Waals surface area contributed by atoms with Gasteiger partial charge in [-0.25, -0.2) is 9.37 Å². The van der Waals surface area contributed by atoms with Crippen LogP contribution in [0.4, 0.5) is 15.9 Å². The lowest BCUT2D eigenvalue weighted by molar-refractivity contribution is -0.114. The van der Waals surface area contributed by atoms with Crippen molar-refractivity contribution in [3.8, 4) is 22.6 Å². The second-order valence-corrected chi connectivity index (χ2v) is 8.99. The highest BCUT2D eigenvalue weighted by atomic mass is 19.1. The van der Waals surface area contributed by atoms with Crippen LogP contribution in [0.1, 0.15) is 55.6 Å². The predicted molar refractivity (Wildman–Crippen MR) is 136 cm³/mol. The van der Waals surface area contributed by atoms with E-state index in [1.165, 1.54) is 31.7 Å². The summed E-state index contributed by atoms with van der Waals surface area (Å²) in [6.07, 6.45) is 6.71. The van der Waals surface area contributed by atoms with Gasteiger partial charge in [-0.05, 0) is 73.5 Å². The van der Waals surface area contributed by atoms with Crippen LogP contribution in [0.5, 0.6) is 0 Å². The molecule has 2 aromatic heterocycles. The van der Waals surface area contributed by atoms with E-state index in [1.807, 2.05) is 24.3 Å². The van der Waals surface area contributed by atoms with Gasteiger partial charge in [-0.1, -0.05) is 19.3 Å². The molecule has 4 aromatic rings. The van der Waals surface area contributed by atoms with Gasteiger partial charge in [-0.15, -0.1) is 0 Å². The Morgan fingerprint density at radius 1 is 0.944 bits per heavy atom. The number of carbonyl (C=O) groups is 2. The van der Waals surface area contributed by atoms with Gasteiger partial charge < -0.3 is 19.6 Å². The van der Waals surface area contributed by atoms with Crippen molar-refractivity contribution in [2.24, 2.45) is 0 Å². The summed E-state index contributed by atoms with van der Waals surface area (Å²) in [5.41, 5.74) is 2.78. The van der Waals surface area contributed by atoms with E-state index in [4.69, 9.17) is 9.40 Å². The number of aromatic nitrogens is 2. The molecule has 1 aliphatic rings. The zero-order chi connectivity index (χ0) is 25.1. The largest absolute Gasteiger partial charge is 0.459 e. The summed E-state index contributed by atoms with van der Waals surface area (Å²) >= 11 is 0. The van der Waals surface area contributed by atoms with Crippen LogP contribution in [-0.4, -0.2) is 21.4 Å². The predicted octanol–water partition coefficient (Wildman–Crippen LogP) is 6.67. The average Bonchev–Trinajstić information content (AvgIpc) is 3.54. The number of carbonyl (C=O) groups excluding carboxylic acids is 2. The molecule has 8 heteroatoms. The van der Waals surface area contributed by atoms with Gasteiger partial charge in [0.1, 0.15) is 23.2 Å². The number of nitrogens with zero attached hydrogens (tertiary/aromatic N) is 2. The van der Waals surface area contributed by atoms with Crippen molar-refractivity contribution in [2.75, 3.05) is 10.6 Å². The number of nitrogens with one attached hydrogen (secondary N) is 2. The molecular weight excluding hydrogens is 459 g/mol. The average molecular weight is 487 g/mol. The van der Waals surface area contributed by atoms with Gasteiger partial charge in [-0.3, -0.25) is 9.59 Å². The topological polar surface area (TPSA) is 89.2 Å². The number of hydrogen-bond donors (Lipinski definition) is 2. The van der Waals surface area contributed by atoms with Crippen LogP contribution >= 0.6 is 0 Å². The maximum Gasteiger partial charge on any atom is 0.292 e. The number of rotatable bonds is 6. The number of anilines is 2. The molecule has 1 saturated carbocycles. The quantitative estimate of drug-likeness (QED) is 0.319. The summed E-state index contributed by atoms with van der Waals surface area (Å²) in [5, 5.41) is 5.82. The highest BCUT2D eigenvalue weighted by Crippen LogP contribution is 2.40. The number of hydrogen-bond acceptors (Lipinski definition) is 4. The third kappa shape index (κ3) is 4.93. The minimum absolute atomic E-state index is 0.136. The molecule has 1 aliphatic carbocycles. The molecule has 184 valence electrons. The number of amides is 2. The van der Waals surface area contributed by atoms with E-state index in [1.54, 1.807) is 24.3 Å². The van der Waals surface area contributed by atoms with E-state index in [0.29, 0.717) is 28.6 Å². The van der Waals surface area contributed by atoms with Crippen molar-refractivity contribution in [1.82, 2.24) is 9.55 Å². The fourth-order valence-corrected chi connectivity index (χ4v) is 4.74. The molecule has 0 radical (unpaired) electrons. The molecule has 1 fully saturated rings. The summed E-state index contributed by atoms with van der Waals surface area (Å²) < 4.78 is 21.2. The zero-order valence-electron chi connectivity index (χ0n) is 20.0. The summed E-state index contributed by atoms with van der Waals surface area (Å²) in [6, 6.07) is 17.0. The van der Waals surface area contributed by atoms with Gasteiger partial charge in [0.05, 0.1) is 6.26 Å². The molecule has 0 unspecified atom stereocenters. The molecule has 0 saturated heterocycles. The molecule has 2 amide bonds. The van der Waals surface area contributed by atoms with Gasteiger partial charge in [0.15, 0.2) is 5.76 Å². The summed E-state index contributed by atoms with van der Waals surface area (Å²) in [6.45, 7) is 1.46. The first kappa shape index (κ1) is 23.5. The Balaban J connectivity index is 1.66. The number of benzene rings is 2. The smallest absolute Gasteiger partial charge is 0.292 e. The monoisotopic (exact) mass is 486 g/mol. The Morgan fingerprint density at radius 2 is 1.64 bits per heavy atom. The maximum absolute atomic E-state index is 13.7. The minimum atomic E-state index is -0.382. The lowest BCUT2D eigenvalue weighted by Crippen LogP contribution is -2.20. The molecule has 7 nitrogen and oxygen atoms in total. The van der Waals surface area contributed by atoms with E-state index in [9.17, 15) is 14.0 Å². The van der Waals surface area contributed by atoms with E-state index in [-0.39, 0.29) is 29.4 Å². The molecule has 2 heterocycles. The molecule has 0 aliphatic heterocycles. The molecular formula is C28H27FN4O3. The normalized spacial score (nSPS) is 13.9. The van der Waals surface area contributed by atoms with Crippen LogP contribution in [0.15, 0.2) is 71.3 Å². The van der Waals surface area contributed by atoms with Gasteiger partial charge in [0.25, 0.3) is 5.91 Å². The standard InChI is InChI=1S/C28H27FN4O3/c1-18(34)30-22-15-11-20(12-16-22)26-31-25(19-9-13-21(29)14-10-19)27(32-28(35)24-8-5-17-36-24)33(26)23-6-3-2-4-7-23/h5,8-17,23H,2-4,6-7H2,1H3,(H,30,34)(H,32,35). The van der Waals surface area contributed by atoms with Gasteiger partial charge in [-0.2, -0.15) is 0 Å². The third-order valence-electron chi connectivity index (χ3n) is 6.41. The first-order valence-electron chi connectivity index (χ1n) is 12.1. The fourth-order valence-electron chi connectivity index (χ4n) is 4.74. The number of furan rings is 1. The van der Waals surface area contributed by atoms with Crippen LogP contribution in [0.3, 0.4) is 0 Å². The molecule has 0 bridgehead atoms. The van der Waals surface area contributed by atoms with Crippen molar-refractivity contribution < 1.29 is 18.4 Å². The van der Waals surface area contributed by atoms with Crippen molar-refractivity contribution in [3.63, 3.8) is 0 Å². The molecule has 2 aromatic carbocycles. The first-order chi connectivity index (χ1) is 17.5. The second kappa shape index (κ2) is 10.2. The van der Waals surface area contributed by atoms with E-state index < -0.39 is 0 Å². The molecule has 5 rings (SSSR count). The van der Waals surface area contributed by atoms with Gasteiger partial charge in [0, 0.05) is 29.8 Å². The van der Waals surface area contributed by atoms with Crippen molar-refractivity contribution in [1.29, 1.82) is 0 Å². The minimum Gasteiger partial charge on any atom is -0.459 e. The van der Waals surface area contributed by atoms with Crippen LogP contribution in [-0.2, 0) is 4.79 Å². The summed E-state index contributed by atoms with van der Waals surface area (Å²) in [7, 11) is 0. The lowest BCUT2D eigenvalue weighted by Gasteiger charge is -2.27. The molecule has 2 N–H and O–H groups in total. The van der Waals surface area contributed by atoms with Gasteiger partial charge in [0.2, 0.25) is 5.91 Å². The Kier molecular flexibility index (Phi) is 6.66. The molecule has 36 heavy (non-hydrogen) atoms. The second-order valence-electron chi connectivity index (χ2n) is 8.99. The van der Waals surface area contributed by atoms with Crippen LogP contribution in [0.2, 0.25) is 0 Å². The van der Waals surface area contributed by atoms with E-state index in [0.717, 1.165) is 31.2 Å². The third-order valence-corrected chi connectivity index (χ3v) is 6.41. The maximum atomic E-state index is 13.7. The number of halogens is 1. The first-order valence-corrected chi connectivity index (χ1v) is 12.1. The van der Waals surface area contributed by atoms with Crippen molar-refractivity contribution in [2.45, 2.75) is 45.1 Å². The summed E-state index contributed by atoms with van der Waals surface area (Å²) in [4.78, 5) is 29.5. The van der Waals surface area contributed by atoms with Crippen LogP contribution in [0.25, 0.3) is 22.6 Å². The summed E-state index contributed by atoms with van der Waals surface area (Å²) in [5.74, 6) is 0.570. The lowest BCUT2D eigenvalue weighted by atomic mass is 9.95. The molecule has 0 atom stereocenters. The van der Waals surface area contributed by atoms with Gasteiger partial charge >= 0.3 is 0 Å². The SMILES string of the molecule is CC(=O)Nc1ccc(-c2nc(-c3ccc(F)cc3)c(NC(=O)c3ccco3)n2C2CCCCC2)cc1. The highest BCUT2D eigenvalue weighted by Gasteiger charge is 2.28. The van der Waals surface area contributed by atoms with Crippen LogP contribution in [0, 0.1) is 5.82 Å². The van der Waals surface area contributed by atoms with Crippen LogP contribution < -0.4 is 10.6 Å². The fraction of sp³-hybridized carbons (Fsp3) is 0.250.